The Balaban J connectivity index is 2.01. The normalized spacial score (nSPS) is 10.5. The molecule has 2 aromatic rings. The van der Waals surface area contributed by atoms with Gasteiger partial charge in [0.25, 0.3) is 0 Å². The first kappa shape index (κ1) is 14.2. The number of aromatic nitrogens is 1. The van der Waals surface area contributed by atoms with Crippen molar-refractivity contribution in [3.63, 3.8) is 0 Å². The molecular weight excluding hydrogens is 274 g/mol. The Morgan fingerprint density at radius 1 is 1.32 bits per heavy atom. The highest BCUT2D eigenvalue weighted by Gasteiger charge is 2.09. The van der Waals surface area contributed by atoms with Gasteiger partial charge in [0, 0.05) is 28.4 Å². The van der Waals surface area contributed by atoms with Gasteiger partial charge in [0.1, 0.15) is 0 Å². The summed E-state index contributed by atoms with van der Waals surface area (Å²) in [4.78, 5) is 9.20. The molecule has 0 aromatic carbocycles. The zero-order chi connectivity index (χ0) is 13.7. The summed E-state index contributed by atoms with van der Waals surface area (Å²) in [5, 5.41) is 2.08. The van der Waals surface area contributed by atoms with E-state index < -0.39 is 0 Å². The third-order valence-corrected chi connectivity index (χ3v) is 4.57. The SMILES string of the molecule is Cc1ncsc1CN(C)Cc1sccc1C#CCN. The molecule has 0 amide bonds. The zero-order valence-electron chi connectivity index (χ0n) is 11.1. The molecule has 0 spiro atoms. The van der Waals surface area contributed by atoms with Crippen molar-refractivity contribution in [3.05, 3.63) is 38.0 Å². The standard InChI is InChI=1S/C14H17N3S2/c1-11-13(19-10-16-11)8-17(2)9-14-12(4-3-6-15)5-7-18-14/h5,7,10H,6,8-9,15H2,1-2H3. The van der Waals surface area contributed by atoms with Crippen molar-refractivity contribution in [2.45, 2.75) is 20.0 Å². The minimum absolute atomic E-state index is 0.408. The molecule has 2 N–H and O–H groups in total. The van der Waals surface area contributed by atoms with E-state index >= 15 is 0 Å². The predicted octanol–water partition coefficient (Wildman–Crippen LogP) is 2.46. The van der Waals surface area contributed by atoms with E-state index in [2.05, 4.69) is 47.1 Å². The van der Waals surface area contributed by atoms with Gasteiger partial charge in [0.05, 0.1) is 17.7 Å². The zero-order valence-corrected chi connectivity index (χ0v) is 12.8. The Bertz CT molecular complexity index is 589. The number of thiophene rings is 1. The molecule has 0 fully saturated rings. The first-order valence-electron chi connectivity index (χ1n) is 6.03. The van der Waals surface area contributed by atoms with Crippen molar-refractivity contribution in [2.75, 3.05) is 13.6 Å². The molecule has 2 rings (SSSR count). The number of nitrogens with two attached hydrogens (primary N) is 1. The highest BCUT2D eigenvalue weighted by Crippen LogP contribution is 2.20. The summed E-state index contributed by atoms with van der Waals surface area (Å²) < 4.78 is 0. The lowest BCUT2D eigenvalue weighted by atomic mass is 10.2. The van der Waals surface area contributed by atoms with Crippen LogP contribution in [0.3, 0.4) is 0 Å². The van der Waals surface area contributed by atoms with Crippen molar-refractivity contribution in [1.82, 2.24) is 9.88 Å². The van der Waals surface area contributed by atoms with Crippen molar-refractivity contribution in [3.8, 4) is 11.8 Å². The molecule has 0 atom stereocenters. The predicted molar refractivity (Wildman–Crippen MR) is 82.3 cm³/mol. The maximum absolute atomic E-state index is 5.42. The molecule has 0 unspecified atom stereocenters. The van der Waals surface area contributed by atoms with Crippen molar-refractivity contribution < 1.29 is 0 Å². The van der Waals surface area contributed by atoms with E-state index in [9.17, 15) is 0 Å². The second kappa shape index (κ2) is 6.83. The third-order valence-electron chi connectivity index (χ3n) is 2.74. The third kappa shape index (κ3) is 3.88. The summed E-state index contributed by atoms with van der Waals surface area (Å²) in [5.41, 5.74) is 9.55. The average Bonchev–Trinajstić information content (AvgIpc) is 2.97. The molecular formula is C14H17N3S2. The van der Waals surface area contributed by atoms with E-state index in [1.807, 2.05) is 5.51 Å². The molecule has 19 heavy (non-hydrogen) atoms. The Kier molecular flexibility index (Phi) is 5.11. The van der Waals surface area contributed by atoms with Crippen LogP contribution in [-0.4, -0.2) is 23.5 Å². The molecule has 3 nitrogen and oxygen atoms in total. The number of hydrogen-bond acceptors (Lipinski definition) is 5. The number of rotatable bonds is 4. The maximum atomic E-state index is 5.42. The molecule has 0 radical (unpaired) electrons. The van der Waals surface area contributed by atoms with Gasteiger partial charge in [-0.15, -0.1) is 22.7 Å². The van der Waals surface area contributed by atoms with E-state index in [1.165, 1.54) is 9.75 Å². The van der Waals surface area contributed by atoms with Crippen LogP contribution in [0.5, 0.6) is 0 Å². The van der Waals surface area contributed by atoms with E-state index in [0.29, 0.717) is 6.54 Å². The second-order valence-corrected chi connectivity index (χ2v) is 6.24. The Hall–Kier alpha value is -1.19. The summed E-state index contributed by atoms with van der Waals surface area (Å²) in [5.74, 6) is 6.04. The summed E-state index contributed by atoms with van der Waals surface area (Å²) >= 11 is 3.46. The van der Waals surface area contributed by atoms with Crippen LogP contribution in [-0.2, 0) is 13.1 Å². The highest BCUT2D eigenvalue weighted by atomic mass is 32.1. The van der Waals surface area contributed by atoms with Crippen LogP contribution < -0.4 is 5.73 Å². The van der Waals surface area contributed by atoms with Crippen molar-refractivity contribution in [2.24, 2.45) is 5.73 Å². The fourth-order valence-electron chi connectivity index (χ4n) is 1.74. The highest BCUT2D eigenvalue weighted by molar-refractivity contribution is 7.10. The summed E-state index contributed by atoms with van der Waals surface area (Å²) in [7, 11) is 2.12. The van der Waals surface area contributed by atoms with Crippen LogP contribution in [0.25, 0.3) is 0 Å². The Labute approximate surface area is 122 Å². The molecule has 2 heterocycles. The van der Waals surface area contributed by atoms with Gasteiger partial charge in [-0.2, -0.15) is 0 Å². The molecule has 0 saturated heterocycles. The number of nitrogens with zero attached hydrogens (tertiary/aromatic N) is 2. The van der Waals surface area contributed by atoms with Crippen LogP contribution in [0.4, 0.5) is 0 Å². The molecule has 100 valence electrons. The van der Waals surface area contributed by atoms with Gasteiger partial charge in [-0.25, -0.2) is 4.98 Å². The smallest absolute Gasteiger partial charge is 0.0798 e. The Morgan fingerprint density at radius 2 is 2.11 bits per heavy atom. The fraction of sp³-hybridized carbons (Fsp3) is 0.357. The van der Waals surface area contributed by atoms with Gasteiger partial charge < -0.3 is 5.73 Å². The number of thiazole rings is 1. The summed E-state index contributed by atoms with van der Waals surface area (Å²) in [6.45, 7) is 4.30. The van der Waals surface area contributed by atoms with Crippen LogP contribution in [0, 0.1) is 18.8 Å². The minimum atomic E-state index is 0.408. The van der Waals surface area contributed by atoms with E-state index in [-0.39, 0.29) is 0 Å². The van der Waals surface area contributed by atoms with Crippen molar-refractivity contribution in [1.29, 1.82) is 0 Å². The number of hydrogen-bond donors (Lipinski definition) is 1. The quantitative estimate of drug-likeness (QED) is 0.880. The van der Waals surface area contributed by atoms with Crippen LogP contribution in [0.2, 0.25) is 0 Å². The van der Waals surface area contributed by atoms with E-state index in [1.54, 1.807) is 22.7 Å². The van der Waals surface area contributed by atoms with E-state index in [0.717, 1.165) is 24.3 Å². The maximum Gasteiger partial charge on any atom is 0.0798 e. The Morgan fingerprint density at radius 3 is 2.79 bits per heavy atom. The van der Waals surface area contributed by atoms with Gasteiger partial charge >= 0.3 is 0 Å². The van der Waals surface area contributed by atoms with Gasteiger partial charge in [-0.1, -0.05) is 11.8 Å². The lowest BCUT2D eigenvalue weighted by Gasteiger charge is -2.15. The summed E-state index contributed by atoms with van der Waals surface area (Å²) in [6.07, 6.45) is 0. The lowest BCUT2D eigenvalue weighted by molar-refractivity contribution is 0.324. The van der Waals surface area contributed by atoms with Gasteiger partial charge in [0.2, 0.25) is 0 Å². The first-order chi connectivity index (χ1) is 9.20. The minimum Gasteiger partial charge on any atom is -0.320 e. The first-order valence-corrected chi connectivity index (χ1v) is 7.79. The summed E-state index contributed by atoms with van der Waals surface area (Å²) in [6, 6.07) is 2.06. The monoisotopic (exact) mass is 291 g/mol. The molecule has 0 aliphatic carbocycles. The van der Waals surface area contributed by atoms with Gasteiger partial charge in [0.15, 0.2) is 0 Å². The molecule has 5 heteroatoms. The van der Waals surface area contributed by atoms with E-state index in [4.69, 9.17) is 5.73 Å². The molecule has 0 aliphatic rings. The molecule has 0 aliphatic heterocycles. The van der Waals surface area contributed by atoms with Crippen LogP contribution in [0.15, 0.2) is 17.0 Å². The van der Waals surface area contributed by atoms with Gasteiger partial charge in [-0.3, -0.25) is 4.90 Å². The fourth-order valence-corrected chi connectivity index (χ4v) is 3.51. The molecule has 0 saturated carbocycles. The topological polar surface area (TPSA) is 42.2 Å². The van der Waals surface area contributed by atoms with Crippen LogP contribution >= 0.6 is 22.7 Å². The molecule has 2 aromatic heterocycles. The lowest BCUT2D eigenvalue weighted by Crippen LogP contribution is -2.16. The molecule has 0 bridgehead atoms. The second-order valence-electron chi connectivity index (χ2n) is 4.30. The largest absolute Gasteiger partial charge is 0.320 e. The number of aryl methyl sites for hydroxylation is 1. The van der Waals surface area contributed by atoms with Gasteiger partial charge in [-0.05, 0) is 25.4 Å². The van der Waals surface area contributed by atoms with Crippen LogP contribution in [0.1, 0.15) is 21.0 Å². The average molecular weight is 291 g/mol. The van der Waals surface area contributed by atoms with Crippen molar-refractivity contribution >= 4 is 22.7 Å².